The average molecular weight is 658 g/mol. The highest BCUT2D eigenvalue weighted by atomic mass is 79.9. The fourth-order valence-electron chi connectivity index (χ4n) is 4.51. The third-order valence-electron chi connectivity index (χ3n) is 6.40. The number of ether oxygens (including phenoxy) is 2. The molecule has 0 bridgehead atoms. The highest BCUT2D eigenvalue weighted by molar-refractivity contribution is 9.10. The number of allylic oxidation sites excluding steroid dienone is 1. The van der Waals surface area contributed by atoms with Crippen LogP contribution in [0.3, 0.4) is 0 Å². The largest absolute Gasteiger partial charge is 0.488 e. The maximum atomic E-state index is 13.9. The predicted molar refractivity (Wildman–Crippen MR) is 162 cm³/mol. The molecule has 0 fully saturated rings. The van der Waals surface area contributed by atoms with E-state index in [0.717, 1.165) is 15.6 Å². The van der Waals surface area contributed by atoms with Crippen molar-refractivity contribution in [1.82, 2.24) is 4.57 Å². The Morgan fingerprint density at radius 1 is 1.10 bits per heavy atom. The van der Waals surface area contributed by atoms with Crippen LogP contribution in [0.4, 0.5) is 0 Å². The second-order valence-electron chi connectivity index (χ2n) is 8.92. The van der Waals surface area contributed by atoms with Crippen LogP contribution in [0, 0.1) is 0 Å². The van der Waals surface area contributed by atoms with Crippen LogP contribution in [0.25, 0.3) is 6.08 Å². The van der Waals surface area contributed by atoms with Gasteiger partial charge in [0.2, 0.25) is 0 Å². The minimum absolute atomic E-state index is 0.260. The van der Waals surface area contributed by atoms with E-state index >= 15 is 0 Å². The van der Waals surface area contributed by atoms with Gasteiger partial charge in [-0.05, 0) is 54.0 Å². The van der Waals surface area contributed by atoms with Crippen molar-refractivity contribution in [1.29, 1.82) is 0 Å². The van der Waals surface area contributed by atoms with Gasteiger partial charge in [0.25, 0.3) is 5.56 Å². The number of methoxy groups -OCH3 is 1. The minimum Gasteiger partial charge on any atom is -0.488 e. The molecule has 1 aliphatic rings. The molecule has 2 heterocycles. The summed E-state index contributed by atoms with van der Waals surface area (Å²) in [6.45, 7) is 2.19. The zero-order chi connectivity index (χ0) is 28.4. The molecule has 0 unspecified atom stereocenters. The maximum Gasteiger partial charge on any atom is 0.338 e. The molecule has 204 valence electrons. The van der Waals surface area contributed by atoms with Gasteiger partial charge >= 0.3 is 5.97 Å². The third-order valence-corrected chi connectivity index (χ3v) is 8.62. The Morgan fingerprint density at radius 3 is 2.58 bits per heavy atom. The standard InChI is InChI=1S/C30H23BrCl2N2O4S/c1-3-23-26(29(37)38-2)27(18-7-5-4-6-8-18)35-28(36)25(40-30(35)34-23)15-19-14-20(31)10-12-24(19)39-16-17-9-11-21(32)22(33)13-17/h4-15,27H,3,16H2,1-2H3/b25-15-/t27-/m0/s1. The van der Waals surface area contributed by atoms with Crippen LogP contribution in [-0.4, -0.2) is 17.6 Å². The summed E-state index contributed by atoms with van der Waals surface area (Å²) in [6, 6.07) is 19.7. The van der Waals surface area contributed by atoms with Gasteiger partial charge in [-0.15, -0.1) is 0 Å². The Hall–Kier alpha value is -3.17. The van der Waals surface area contributed by atoms with E-state index in [1.54, 1.807) is 22.8 Å². The summed E-state index contributed by atoms with van der Waals surface area (Å²) in [5.74, 6) is 0.0814. The van der Waals surface area contributed by atoms with Crippen LogP contribution in [0.15, 0.2) is 92.3 Å². The summed E-state index contributed by atoms with van der Waals surface area (Å²) in [6.07, 6.45) is 2.30. The molecule has 10 heteroatoms. The number of thiazole rings is 1. The van der Waals surface area contributed by atoms with Crippen molar-refractivity contribution >= 4 is 62.5 Å². The van der Waals surface area contributed by atoms with Gasteiger partial charge in [0.1, 0.15) is 12.4 Å². The summed E-state index contributed by atoms with van der Waals surface area (Å²) in [7, 11) is 1.34. The number of nitrogens with zero attached hydrogens (tertiary/aromatic N) is 2. The molecule has 6 nitrogen and oxygen atoms in total. The van der Waals surface area contributed by atoms with Gasteiger partial charge < -0.3 is 9.47 Å². The van der Waals surface area contributed by atoms with Gasteiger partial charge in [-0.2, -0.15) is 0 Å². The summed E-state index contributed by atoms with van der Waals surface area (Å²) in [4.78, 5) is 32.1. The fraction of sp³-hybridized carbons (Fsp3) is 0.167. The van der Waals surface area contributed by atoms with Crippen molar-refractivity contribution in [2.45, 2.75) is 26.0 Å². The number of benzene rings is 3. The van der Waals surface area contributed by atoms with Crippen molar-refractivity contribution < 1.29 is 14.3 Å². The summed E-state index contributed by atoms with van der Waals surface area (Å²) < 4.78 is 14.1. The molecule has 0 saturated heterocycles. The van der Waals surface area contributed by atoms with E-state index < -0.39 is 12.0 Å². The van der Waals surface area contributed by atoms with Crippen molar-refractivity contribution in [3.63, 3.8) is 0 Å². The molecule has 3 aromatic carbocycles. The number of fused-ring (bicyclic) bond motifs is 1. The number of aromatic nitrogens is 1. The van der Waals surface area contributed by atoms with E-state index in [0.29, 0.717) is 48.4 Å². The first kappa shape index (κ1) is 28.4. The summed E-state index contributed by atoms with van der Waals surface area (Å²) in [5.41, 5.74) is 3.06. The van der Waals surface area contributed by atoms with Crippen molar-refractivity contribution in [2.24, 2.45) is 4.99 Å². The Labute approximate surface area is 252 Å². The number of hydrogen-bond donors (Lipinski definition) is 0. The first-order chi connectivity index (χ1) is 19.3. The van der Waals surface area contributed by atoms with E-state index in [2.05, 4.69) is 15.9 Å². The highest BCUT2D eigenvalue weighted by Crippen LogP contribution is 2.32. The Morgan fingerprint density at radius 2 is 1.88 bits per heavy atom. The predicted octanol–water partition coefficient (Wildman–Crippen LogP) is 6.45. The van der Waals surface area contributed by atoms with Gasteiger partial charge in [0.05, 0.1) is 39.0 Å². The molecule has 5 rings (SSSR count). The molecular formula is C30H23BrCl2N2O4S. The average Bonchev–Trinajstić information content (AvgIpc) is 3.27. The molecule has 0 saturated carbocycles. The van der Waals surface area contributed by atoms with E-state index in [1.807, 2.05) is 61.5 Å². The second-order valence-corrected chi connectivity index (χ2v) is 11.7. The SMILES string of the molecule is CCC1=C(C(=O)OC)[C@H](c2ccccc2)n2c(s/c(=C\c3cc(Br)ccc3OCc3ccc(Cl)c(Cl)c3)c2=O)=N1. The summed E-state index contributed by atoms with van der Waals surface area (Å²) in [5, 5.41) is 0.922. The van der Waals surface area contributed by atoms with Gasteiger partial charge in [-0.3, -0.25) is 9.36 Å². The lowest BCUT2D eigenvalue weighted by atomic mass is 9.95. The van der Waals surface area contributed by atoms with E-state index in [-0.39, 0.29) is 12.2 Å². The molecule has 0 radical (unpaired) electrons. The topological polar surface area (TPSA) is 69.9 Å². The molecule has 0 N–H and O–H groups in total. The quantitative estimate of drug-likeness (QED) is 0.214. The monoisotopic (exact) mass is 656 g/mol. The van der Waals surface area contributed by atoms with Gasteiger partial charge in [-0.1, -0.05) is 93.8 Å². The zero-order valence-electron chi connectivity index (χ0n) is 21.5. The molecule has 0 spiro atoms. The normalized spacial score (nSPS) is 15.0. The Kier molecular flexibility index (Phi) is 8.61. The van der Waals surface area contributed by atoms with Crippen molar-refractivity contribution in [3.05, 3.63) is 129 Å². The molecule has 1 aliphatic heterocycles. The Balaban J connectivity index is 1.62. The Bertz CT molecular complexity index is 1820. The molecule has 1 aromatic heterocycles. The zero-order valence-corrected chi connectivity index (χ0v) is 25.4. The van der Waals surface area contributed by atoms with Gasteiger partial charge in [0, 0.05) is 10.0 Å². The van der Waals surface area contributed by atoms with E-state index in [1.165, 1.54) is 18.4 Å². The van der Waals surface area contributed by atoms with E-state index in [4.69, 9.17) is 37.7 Å². The lowest BCUT2D eigenvalue weighted by Crippen LogP contribution is -2.40. The fourth-order valence-corrected chi connectivity index (χ4v) is 6.22. The molecule has 1 atom stereocenters. The van der Waals surface area contributed by atoms with Gasteiger partial charge in [-0.25, -0.2) is 9.79 Å². The minimum atomic E-state index is -0.658. The number of carbonyl (C=O) groups excluding carboxylic acids is 1. The number of rotatable bonds is 7. The van der Waals surface area contributed by atoms with Crippen LogP contribution in [0.1, 0.15) is 36.1 Å². The van der Waals surface area contributed by atoms with Crippen LogP contribution < -0.4 is 19.6 Å². The first-order valence-electron chi connectivity index (χ1n) is 12.3. The number of halogens is 3. The molecule has 4 aromatic rings. The number of carbonyl (C=O) groups is 1. The lowest BCUT2D eigenvalue weighted by Gasteiger charge is -2.25. The molecular weight excluding hydrogens is 635 g/mol. The smallest absolute Gasteiger partial charge is 0.338 e. The van der Waals surface area contributed by atoms with E-state index in [9.17, 15) is 9.59 Å². The van der Waals surface area contributed by atoms with Crippen molar-refractivity contribution in [2.75, 3.05) is 7.11 Å². The van der Waals surface area contributed by atoms with Gasteiger partial charge in [0.15, 0.2) is 4.80 Å². The second kappa shape index (κ2) is 12.1. The number of hydrogen-bond acceptors (Lipinski definition) is 6. The van der Waals surface area contributed by atoms with Crippen molar-refractivity contribution in [3.8, 4) is 5.75 Å². The highest BCUT2D eigenvalue weighted by Gasteiger charge is 2.33. The third kappa shape index (κ3) is 5.67. The molecule has 0 aliphatic carbocycles. The lowest BCUT2D eigenvalue weighted by molar-refractivity contribution is -0.136. The maximum absolute atomic E-state index is 13.9. The first-order valence-corrected chi connectivity index (χ1v) is 14.7. The number of esters is 1. The van der Waals surface area contributed by atoms with Crippen LogP contribution in [-0.2, 0) is 16.1 Å². The molecule has 0 amide bonds. The van der Waals surface area contributed by atoms with Crippen LogP contribution in [0.2, 0.25) is 10.0 Å². The van der Waals surface area contributed by atoms with Crippen LogP contribution in [0.5, 0.6) is 5.75 Å². The summed E-state index contributed by atoms with van der Waals surface area (Å²) >= 11 is 17.0. The molecule has 40 heavy (non-hydrogen) atoms. The van der Waals surface area contributed by atoms with Crippen LogP contribution >= 0.6 is 50.5 Å².